The number of nitrogens with two attached hydrogens (primary N) is 1. The Bertz CT molecular complexity index is 691. The molecule has 3 N–H and O–H groups in total. The molecule has 0 amide bonds. The molecule has 0 saturated heterocycles. The van der Waals surface area contributed by atoms with Crippen LogP contribution in [0.15, 0.2) is 54.9 Å². The van der Waals surface area contributed by atoms with Crippen molar-refractivity contribution in [3.05, 3.63) is 72.1 Å². The van der Waals surface area contributed by atoms with Crippen molar-refractivity contribution in [2.24, 2.45) is 5.73 Å². The lowest BCUT2D eigenvalue weighted by atomic mass is 10.1. The molecule has 2 heterocycles. The number of rotatable bonds is 3. The van der Waals surface area contributed by atoms with E-state index in [-0.39, 0.29) is 11.9 Å². The highest BCUT2D eigenvalue weighted by Gasteiger charge is 2.13. The summed E-state index contributed by atoms with van der Waals surface area (Å²) in [7, 11) is 0. The number of nitrogens with zero attached hydrogens (tertiary/aromatic N) is 2. The van der Waals surface area contributed by atoms with E-state index in [0.29, 0.717) is 17.2 Å². The van der Waals surface area contributed by atoms with E-state index in [4.69, 9.17) is 5.73 Å². The number of nitrogens with one attached hydrogen (secondary N) is 1. The molecule has 0 aliphatic rings. The number of hydrogen-bond donors (Lipinski definition) is 2. The maximum absolute atomic E-state index is 12.8. The number of aromatic amines is 1. The fourth-order valence-electron chi connectivity index (χ4n) is 1.98. The summed E-state index contributed by atoms with van der Waals surface area (Å²) >= 11 is 0. The molecule has 1 unspecified atom stereocenters. The van der Waals surface area contributed by atoms with E-state index in [1.165, 1.54) is 12.3 Å². The highest BCUT2D eigenvalue weighted by molar-refractivity contribution is 5.53. The quantitative estimate of drug-likeness (QED) is 0.767. The molecule has 0 radical (unpaired) electrons. The predicted molar refractivity (Wildman–Crippen MR) is 74.2 cm³/mol. The molecule has 0 saturated carbocycles. The third kappa shape index (κ3) is 2.44. The Morgan fingerprint density at radius 2 is 1.80 bits per heavy atom. The summed E-state index contributed by atoms with van der Waals surface area (Å²) in [5, 5.41) is 0. The van der Waals surface area contributed by atoms with Gasteiger partial charge < -0.3 is 10.7 Å². The molecule has 3 aromatic rings. The van der Waals surface area contributed by atoms with Crippen molar-refractivity contribution in [1.29, 1.82) is 0 Å². The third-order valence-electron chi connectivity index (χ3n) is 3.05. The number of hydrogen-bond acceptors (Lipinski definition) is 3. The van der Waals surface area contributed by atoms with E-state index in [0.717, 1.165) is 5.56 Å². The van der Waals surface area contributed by atoms with Gasteiger partial charge in [-0.15, -0.1) is 0 Å². The number of halogens is 1. The number of imidazole rings is 1. The molecule has 1 atom stereocenters. The monoisotopic (exact) mass is 268 g/mol. The van der Waals surface area contributed by atoms with Crippen molar-refractivity contribution in [2.75, 3.05) is 0 Å². The van der Waals surface area contributed by atoms with Crippen LogP contribution in [0, 0.1) is 5.82 Å². The zero-order valence-corrected chi connectivity index (χ0v) is 10.6. The minimum Gasteiger partial charge on any atom is -0.339 e. The first kappa shape index (κ1) is 12.5. The third-order valence-corrected chi connectivity index (χ3v) is 3.05. The smallest absolute Gasteiger partial charge is 0.141 e. The van der Waals surface area contributed by atoms with Crippen LogP contribution in [0.3, 0.4) is 0 Å². The highest BCUT2D eigenvalue weighted by Crippen LogP contribution is 2.20. The average Bonchev–Trinajstić information content (AvgIpc) is 2.98. The molecule has 5 heteroatoms. The van der Waals surface area contributed by atoms with Gasteiger partial charge in [0.05, 0.1) is 29.8 Å². The average molecular weight is 268 g/mol. The number of benzene rings is 1. The van der Waals surface area contributed by atoms with Gasteiger partial charge in [0.25, 0.3) is 0 Å². The van der Waals surface area contributed by atoms with Gasteiger partial charge in [-0.1, -0.05) is 30.3 Å². The molecule has 4 nitrogen and oxygen atoms in total. The molecule has 0 bridgehead atoms. The van der Waals surface area contributed by atoms with Gasteiger partial charge in [0.15, 0.2) is 0 Å². The Morgan fingerprint density at radius 1 is 1.00 bits per heavy atom. The second-order valence-electron chi connectivity index (χ2n) is 4.43. The Labute approximate surface area is 115 Å². The molecular weight excluding hydrogens is 255 g/mol. The van der Waals surface area contributed by atoms with Gasteiger partial charge in [-0.2, -0.15) is 0 Å². The Morgan fingerprint density at radius 3 is 2.50 bits per heavy atom. The van der Waals surface area contributed by atoms with Crippen molar-refractivity contribution >= 4 is 0 Å². The van der Waals surface area contributed by atoms with Crippen LogP contribution in [-0.4, -0.2) is 15.0 Å². The predicted octanol–water partition coefficient (Wildman–Crippen LogP) is 2.66. The van der Waals surface area contributed by atoms with E-state index < -0.39 is 0 Å². The summed E-state index contributed by atoms with van der Waals surface area (Å²) in [6.07, 6.45) is 2.82. The minimum absolute atomic E-state index is 0.328. The summed E-state index contributed by atoms with van der Waals surface area (Å²) in [6.45, 7) is 0. The summed E-state index contributed by atoms with van der Waals surface area (Å²) in [4.78, 5) is 11.4. The number of pyridine rings is 1. The first-order chi connectivity index (χ1) is 9.74. The van der Waals surface area contributed by atoms with Crippen LogP contribution in [0.2, 0.25) is 0 Å². The Kier molecular flexibility index (Phi) is 3.26. The largest absolute Gasteiger partial charge is 0.339 e. The van der Waals surface area contributed by atoms with Crippen molar-refractivity contribution in [3.63, 3.8) is 0 Å². The topological polar surface area (TPSA) is 67.6 Å². The van der Waals surface area contributed by atoms with Crippen molar-refractivity contribution in [1.82, 2.24) is 15.0 Å². The van der Waals surface area contributed by atoms with Gasteiger partial charge in [0.1, 0.15) is 11.6 Å². The summed E-state index contributed by atoms with van der Waals surface area (Å²) in [6, 6.07) is 12.3. The van der Waals surface area contributed by atoms with E-state index in [2.05, 4.69) is 15.0 Å². The van der Waals surface area contributed by atoms with Gasteiger partial charge in [-0.3, -0.25) is 4.98 Å². The molecule has 100 valence electrons. The van der Waals surface area contributed by atoms with Crippen LogP contribution in [0.5, 0.6) is 0 Å². The van der Waals surface area contributed by atoms with E-state index >= 15 is 0 Å². The maximum Gasteiger partial charge on any atom is 0.141 e. The fraction of sp³-hybridized carbons (Fsp3) is 0.0667. The molecule has 0 aliphatic carbocycles. The first-order valence-electron chi connectivity index (χ1n) is 6.21. The Balaban J connectivity index is 1.89. The lowest BCUT2D eigenvalue weighted by Gasteiger charge is -2.08. The maximum atomic E-state index is 12.8. The van der Waals surface area contributed by atoms with Gasteiger partial charge >= 0.3 is 0 Å². The zero-order chi connectivity index (χ0) is 13.9. The lowest BCUT2D eigenvalue weighted by Crippen LogP contribution is -2.13. The fourth-order valence-corrected chi connectivity index (χ4v) is 1.98. The van der Waals surface area contributed by atoms with Crippen LogP contribution >= 0.6 is 0 Å². The summed E-state index contributed by atoms with van der Waals surface area (Å²) < 4.78 is 12.8. The van der Waals surface area contributed by atoms with Crippen LogP contribution in [0.4, 0.5) is 4.39 Å². The minimum atomic E-state index is -0.366. The number of aromatic nitrogens is 3. The molecule has 1 aromatic carbocycles. The molecular formula is C15H13FN4. The summed E-state index contributed by atoms with van der Waals surface area (Å²) in [5.74, 6) is 0.284. The summed E-state index contributed by atoms with van der Waals surface area (Å²) in [5.41, 5.74) is 8.47. The lowest BCUT2D eigenvalue weighted by molar-refractivity contribution is 0.622. The zero-order valence-electron chi connectivity index (χ0n) is 10.6. The van der Waals surface area contributed by atoms with Gasteiger partial charge in [0.2, 0.25) is 0 Å². The van der Waals surface area contributed by atoms with E-state index in [1.54, 1.807) is 12.3 Å². The van der Waals surface area contributed by atoms with Crippen LogP contribution in [-0.2, 0) is 0 Å². The van der Waals surface area contributed by atoms with Crippen LogP contribution in [0.1, 0.15) is 17.4 Å². The highest BCUT2D eigenvalue weighted by atomic mass is 19.1. The molecule has 3 rings (SSSR count). The standard InChI is InChI=1S/C15H13FN4/c16-11-6-7-12(18-8-11)13-9-19-15(20-13)14(17)10-4-2-1-3-5-10/h1-9,14H,17H2,(H,19,20). The van der Waals surface area contributed by atoms with Crippen LogP contribution < -0.4 is 5.73 Å². The second-order valence-corrected chi connectivity index (χ2v) is 4.43. The van der Waals surface area contributed by atoms with E-state index in [9.17, 15) is 4.39 Å². The number of H-pyrrole nitrogens is 1. The van der Waals surface area contributed by atoms with Gasteiger partial charge in [-0.05, 0) is 17.7 Å². The second kappa shape index (κ2) is 5.22. The van der Waals surface area contributed by atoms with Crippen molar-refractivity contribution in [3.8, 4) is 11.4 Å². The van der Waals surface area contributed by atoms with Crippen molar-refractivity contribution in [2.45, 2.75) is 6.04 Å². The molecule has 0 fully saturated rings. The molecule has 20 heavy (non-hydrogen) atoms. The van der Waals surface area contributed by atoms with Gasteiger partial charge in [0, 0.05) is 0 Å². The first-order valence-corrected chi connectivity index (χ1v) is 6.21. The molecule has 0 aliphatic heterocycles. The molecule has 0 spiro atoms. The normalized spacial score (nSPS) is 12.3. The van der Waals surface area contributed by atoms with E-state index in [1.807, 2.05) is 30.3 Å². The SMILES string of the molecule is NC(c1ccccc1)c1ncc(-c2ccc(F)cn2)[nH]1. The van der Waals surface area contributed by atoms with Gasteiger partial charge in [-0.25, -0.2) is 9.37 Å². The Hall–Kier alpha value is -2.53. The van der Waals surface area contributed by atoms with Crippen molar-refractivity contribution < 1.29 is 4.39 Å². The molecule has 2 aromatic heterocycles. The van der Waals surface area contributed by atoms with Crippen LogP contribution in [0.25, 0.3) is 11.4 Å².